The molecule has 0 amide bonds. The number of hydrogen-bond donors (Lipinski definition) is 1. The van der Waals surface area contributed by atoms with Crippen LogP contribution < -0.4 is 10.3 Å². The summed E-state index contributed by atoms with van der Waals surface area (Å²) in [6.07, 6.45) is 4.10. The third kappa shape index (κ3) is 4.00. The fourth-order valence-electron chi connectivity index (χ4n) is 3.09. The maximum atomic E-state index is 12.4. The number of phenolic OH excluding ortho intramolecular Hbond substituents is 1. The SMILES string of the molecule is CCCc1c(OCc2cc(Br)cn3c(=O)c(C#N)cnc23)ccc(C(C)=O)c1O. The number of hydrogen-bond acceptors (Lipinski definition) is 6. The van der Waals surface area contributed by atoms with Gasteiger partial charge in [-0.15, -0.1) is 0 Å². The molecule has 3 rings (SSSR count). The molecule has 0 radical (unpaired) electrons. The second-order valence-electron chi connectivity index (χ2n) is 6.50. The van der Waals surface area contributed by atoms with Crippen LogP contribution in [0.1, 0.15) is 47.3 Å². The number of ether oxygens (including phenoxy) is 1. The summed E-state index contributed by atoms with van der Waals surface area (Å²) in [7, 11) is 0. The summed E-state index contributed by atoms with van der Waals surface area (Å²) in [5.41, 5.74) is 1.30. The molecule has 8 heteroatoms. The Kier molecular flexibility index (Phi) is 5.99. The first-order chi connectivity index (χ1) is 13.9. The number of Topliss-reactive ketones (excluding diaryl/α,β-unsaturated/α-hetero) is 1. The summed E-state index contributed by atoms with van der Waals surface area (Å²) in [5.74, 6) is 0.175. The van der Waals surface area contributed by atoms with Gasteiger partial charge in [-0.1, -0.05) is 13.3 Å². The van der Waals surface area contributed by atoms with E-state index in [1.807, 2.05) is 13.0 Å². The first-order valence-corrected chi connectivity index (χ1v) is 9.75. The molecule has 29 heavy (non-hydrogen) atoms. The maximum Gasteiger partial charge on any atom is 0.275 e. The van der Waals surface area contributed by atoms with E-state index in [2.05, 4.69) is 20.9 Å². The molecule has 148 valence electrons. The normalized spacial score (nSPS) is 10.7. The van der Waals surface area contributed by atoms with Crippen LogP contribution in [0.5, 0.6) is 11.5 Å². The Hall–Kier alpha value is -3.18. The number of aromatic nitrogens is 2. The molecule has 1 N–H and O–H groups in total. The van der Waals surface area contributed by atoms with Crippen LogP contribution in [0.2, 0.25) is 0 Å². The van der Waals surface area contributed by atoms with E-state index in [9.17, 15) is 14.7 Å². The Morgan fingerprint density at radius 3 is 2.83 bits per heavy atom. The van der Waals surface area contributed by atoms with Crippen molar-refractivity contribution in [1.82, 2.24) is 9.38 Å². The van der Waals surface area contributed by atoms with Crippen LogP contribution in [0.3, 0.4) is 0 Å². The number of phenols is 1. The fourth-order valence-corrected chi connectivity index (χ4v) is 3.57. The highest BCUT2D eigenvalue weighted by Crippen LogP contribution is 2.33. The number of nitrogens with zero attached hydrogens (tertiary/aromatic N) is 3. The zero-order valence-electron chi connectivity index (χ0n) is 15.9. The number of rotatable bonds is 6. The lowest BCUT2D eigenvalue weighted by molar-refractivity contribution is 0.101. The van der Waals surface area contributed by atoms with Crippen molar-refractivity contribution in [3.05, 3.63) is 67.7 Å². The topological polar surface area (TPSA) is 105 Å². The Morgan fingerprint density at radius 1 is 1.41 bits per heavy atom. The summed E-state index contributed by atoms with van der Waals surface area (Å²) in [6, 6.07) is 6.80. The molecule has 0 saturated carbocycles. The summed E-state index contributed by atoms with van der Waals surface area (Å²) >= 11 is 3.36. The third-order valence-corrected chi connectivity index (χ3v) is 4.90. The number of fused-ring (bicyclic) bond motifs is 1. The zero-order valence-corrected chi connectivity index (χ0v) is 17.5. The quantitative estimate of drug-likeness (QED) is 0.567. The van der Waals surface area contributed by atoms with Crippen molar-refractivity contribution in [2.75, 3.05) is 0 Å². The van der Waals surface area contributed by atoms with Crippen molar-refractivity contribution in [3.63, 3.8) is 0 Å². The van der Waals surface area contributed by atoms with E-state index in [-0.39, 0.29) is 29.3 Å². The summed E-state index contributed by atoms with van der Waals surface area (Å²) in [6.45, 7) is 3.45. The number of halogens is 1. The van der Waals surface area contributed by atoms with Gasteiger partial charge in [0.15, 0.2) is 5.78 Å². The van der Waals surface area contributed by atoms with E-state index in [0.717, 1.165) is 6.42 Å². The minimum Gasteiger partial charge on any atom is -0.507 e. The molecule has 0 aliphatic rings. The molecule has 0 bridgehead atoms. The summed E-state index contributed by atoms with van der Waals surface area (Å²) in [5, 5.41) is 19.5. The Morgan fingerprint density at radius 2 is 2.17 bits per heavy atom. The van der Waals surface area contributed by atoms with Crippen LogP contribution in [0.4, 0.5) is 0 Å². The van der Waals surface area contributed by atoms with Gasteiger partial charge in [-0.25, -0.2) is 4.98 Å². The van der Waals surface area contributed by atoms with Gasteiger partial charge in [0, 0.05) is 21.8 Å². The van der Waals surface area contributed by atoms with E-state index >= 15 is 0 Å². The minimum absolute atomic E-state index is 0.0533. The van der Waals surface area contributed by atoms with Crippen LogP contribution >= 0.6 is 15.9 Å². The van der Waals surface area contributed by atoms with Crippen LogP contribution in [0.15, 0.2) is 39.9 Å². The standard InChI is InChI=1S/C21H18BrN3O4/c1-3-4-17-18(6-5-16(12(2)26)19(17)27)29-11-13-7-15(22)10-25-20(13)24-9-14(8-23)21(25)28/h5-7,9-10,27H,3-4,11H2,1-2H3. The van der Waals surface area contributed by atoms with E-state index in [0.29, 0.717) is 33.4 Å². The van der Waals surface area contributed by atoms with Crippen LogP contribution in [0.25, 0.3) is 5.65 Å². The zero-order chi connectivity index (χ0) is 21.1. The maximum absolute atomic E-state index is 12.4. The highest BCUT2D eigenvalue weighted by molar-refractivity contribution is 9.10. The molecule has 0 aliphatic heterocycles. The van der Waals surface area contributed by atoms with Crippen LogP contribution in [0, 0.1) is 11.3 Å². The first-order valence-electron chi connectivity index (χ1n) is 8.95. The number of ketones is 1. The largest absolute Gasteiger partial charge is 0.507 e. The first kappa shape index (κ1) is 20.6. The molecule has 0 spiro atoms. The molecule has 3 aromatic rings. The number of carbonyl (C=O) groups excluding carboxylic acids is 1. The second kappa shape index (κ2) is 8.45. The Labute approximate surface area is 175 Å². The lowest BCUT2D eigenvalue weighted by Crippen LogP contribution is -2.19. The molecule has 2 heterocycles. The van der Waals surface area contributed by atoms with Gasteiger partial charge in [0.05, 0.1) is 11.8 Å². The van der Waals surface area contributed by atoms with Crippen molar-refractivity contribution in [2.24, 2.45) is 0 Å². The van der Waals surface area contributed by atoms with E-state index in [1.165, 1.54) is 23.6 Å². The van der Waals surface area contributed by atoms with Gasteiger partial charge in [-0.2, -0.15) is 5.26 Å². The van der Waals surface area contributed by atoms with Crippen LogP contribution in [-0.4, -0.2) is 20.3 Å². The molecular formula is C21H18BrN3O4. The van der Waals surface area contributed by atoms with Crippen molar-refractivity contribution in [2.45, 2.75) is 33.3 Å². The van der Waals surface area contributed by atoms with E-state index in [4.69, 9.17) is 10.00 Å². The van der Waals surface area contributed by atoms with Gasteiger partial charge in [0.2, 0.25) is 0 Å². The molecule has 0 saturated heterocycles. The predicted molar refractivity (Wildman–Crippen MR) is 110 cm³/mol. The molecule has 0 fully saturated rings. The van der Waals surface area contributed by atoms with Gasteiger partial charge < -0.3 is 9.84 Å². The summed E-state index contributed by atoms with van der Waals surface area (Å²) in [4.78, 5) is 28.3. The molecular weight excluding hydrogens is 438 g/mol. The third-order valence-electron chi connectivity index (χ3n) is 4.47. The van der Waals surface area contributed by atoms with Gasteiger partial charge in [0.25, 0.3) is 5.56 Å². The highest BCUT2D eigenvalue weighted by atomic mass is 79.9. The van der Waals surface area contributed by atoms with Gasteiger partial charge in [0.1, 0.15) is 35.4 Å². The predicted octanol–water partition coefficient (Wildman–Crippen LogP) is 3.77. The van der Waals surface area contributed by atoms with E-state index < -0.39 is 5.56 Å². The smallest absolute Gasteiger partial charge is 0.275 e. The molecule has 1 aromatic carbocycles. The number of pyridine rings is 1. The van der Waals surface area contributed by atoms with E-state index in [1.54, 1.807) is 18.3 Å². The lowest BCUT2D eigenvalue weighted by atomic mass is 10.0. The highest BCUT2D eigenvalue weighted by Gasteiger charge is 2.17. The monoisotopic (exact) mass is 455 g/mol. The van der Waals surface area contributed by atoms with Crippen molar-refractivity contribution >= 4 is 27.4 Å². The molecule has 0 aliphatic carbocycles. The minimum atomic E-state index is -0.463. The molecule has 2 aromatic heterocycles. The molecule has 0 atom stereocenters. The summed E-state index contributed by atoms with van der Waals surface area (Å²) < 4.78 is 7.87. The average Bonchev–Trinajstić information content (AvgIpc) is 2.68. The number of carbonyl (C=O) groups is 1. The Bertz CT molecular complexity index is 1210. The van der Waals surface area contributed by atoms with Crippen molar-refractivity contribution < 1.29 is 14.6 Å². The van der Waals surface area contributed by atoms with Crippen molar-refractivity contribution in [3.8, 4) is 17.6 Å². The average molecular weight is 456 g/mol. The fraction of sp³-hybridized carbons (Fsp3) is 0.238. The second-order valence-corrected chi connectivity index (χ2v) is 7.41. The number of nitriles is 1. The number of benzene rings is 1. The van der Waals surface area contributed by atoms with Gasteiger partial charge >= 0.3 is 0 Å². The molecule has 0 unspecified atom stereocenters. The number of aromatic hydroxyl groups is 1. The van der Waals surface area contributed by atoms with Gasteiger partial charge in [-0.05, 0) is 47.5 Å². The lowest BCUT2D eigenvalue weighted by Gasteiger charge is -2.15. The van der Waals surface area contributed by atoms with Gasteiger partial charge in [-0.3, -0.25) is 14.0 Å². The Balaban J connectivity index is 2.02. The molecule has 7 nitrogen and oxygen atoms in total. The van der Waals surface area contributed by atoms with Crippen molar-refractivity contribution in [1.29, 1.82) is 5.26 Å². The van der Waals surface area contributed by atoms with Crippen LogP contribution in [-0.2, 0) is 13.0 Å².